The standard InChI is InChI=1S/C13H18Br2O3/c1-16-5-2-6-17-7-8-18-12-3-4-13(15)11(9-12)10-14/h3-4,9H,2,5-8,10H2,1H3. The fraction of sp³-hybridized carbons (Fsp3) is 0.538. The van der Waals surface area contributed by atoms with Crippen LogP contribution in [0, 0.1) is 0 Å². The molecule has 0 radical (unpaired) electrons. The molecule has 0 aromatic heterocycles. The van der Waals surface area contributed by atoms with Crippen molar-refractivity contribution in [3.63, 3.8) is 0 Å². The number of alkyl halides is 1. The molecule has 0 atom stereocenters. The van der Waals surface area contributed by atoms with Gasteiger partial charge in [-0.1, -0.05) is 31.9 Å². The molecule has 1 aromatic carbocycles. The molecular weight excluding hydrogens is 364 g/mol. The second-order valence-corrected chi connectivity index (χ2v) is 5.11. The topological polar surface area (TPSA) is 27.7 Å². The predicted molar refractivity (Wildman–Crippen MR) is 79.6 cm³/mol. The van der Waals surface area contributed by atoms with Gasteiger partial charge in [-0.05, 0) is 30.2 Å². The summed E-state index contributed by atoms with van der Waals surface area (Å²) in [5.41, 5.74) is 1.17. The summed E-state index contributed by atoms with van der Waals surface area (Å²) in [6, 6.07) is 5.95. The molecule has 0 saturated heterocycles. The van der Waals surface area contributed by atoms with Crippen LogP contribution in [0.5, 0.6) is 5.75 Å². The molecular formula is C13H18Br2O3. The van der Waals surface area contributed by atoms with Crippen LogP contribution in [0.2, 0.25) is 0 Å². The van der Waals surface area contributed by atoms with E-state index >= 15 is 0 Å². The Bertz CT molecular complexity index is 345. The third kappa shape index (κ3) is 6.18. The predicted octanol–water partition coefficient (Wildman–Crippen LogP) is 3.78. The molecule has 0 aliphatic rings. The summed E-state index contributed by atoms with van der Waals surface area (Å²) < 4.78 is 17.0. The molecule has 102 valence electrons. The summed E-state index contributed by atoms with van der Waals surface area (Å²) in [7, 11) is 1.69. The highest BCUT2D eigenvalue weighted by Crippen LogP contribution is 2.24. The molecule has 0 amide bonds. The van der Waals surface area contributed by atoms with Crippen molar-refractivity contribution in [2.45, 2.75) is 11.8 Å². The molecule has 3 nitrogen and oxygen atoms in total. The van der Waals surface area contributed by atoms with Crippen LogP contribution >= 0.6 is 31.9 Å². The summed E-state index contributed by atoms with van der Waals surface area (Å²) in [6.07, 6.45) is 0.919. The molecule has 0 aliphatic carbocycles. The number of methoxy groups -OCH3 is 1. The van der Waals surface area contributed by atoms with E-state index in [0.717, 1.165) is 28.6 Å². The van der Waals surface area contributed by atoms with Crippen molar-refractivity contribution in [3.05, 3.63) is 28.2 Å². The molecule has 0 unspecified atom stereocenters. The van der Waals surface area contributed by atoms with Crippen molar-refractivity contribution in [1.29, 1.82) is 0 Å². The van der Waals surface area contributed by atoms with Gasteiger partial charge in [-0.15, -0.1) is 0 Å². The van der Waals surface area contributed by atoms with Gasteiger partial charge in [0.05, 0.1) is 6.61 Å². The first-order chi connectivity index (χ1) is 8.77. The molecule has 1 rings (SSSR count). The fourth-order valence-electron chi connectivity index (χ4n) is 1.37. The molecule has 18 heavy (non-hydrogen) atoms. The first-order valence-electron chi connectivity index (χ1n) is 5.81. The van der Waals surface area contributed by atoms with E-state index in [9.17, 15) is 0 Å². The smallest absolute Gasteiger partial charge is 0.119 e. The first-order valence-corrected chi connectivity index (χ1v) is 7.73. The Labute approximate surface area is 125 Å². The zero-order valence-corrected chi connectivity index (χ0v) is 13.6. The van der Waals surface area contributed by atoms with Crippen molar-refractivity contribution in [2.24, 2.45) is 0 Å². The second kappa shape index (κ2) is 9.78. The van der Waals surface area contributed by atoms with Gasteiger partial charge in [0.1, 0.15) is 12.4 Å². The van der Waals surface area contributed by atoms with Crippen molar-refractivity contribution in [3.8, 4) is 5.75 Å². The van der Waals surface area contributed by atoms with Crippen LogP contribution < -0.4 is 4.74 Å². The van der Waals surface area contributed by atoms with Crippen LogP contribution in [0.1, 0.15) is 12.0 Å². The second-order valence-electron chi connectivity index (χ2n) is 3.69. The average molecular weight is 382 g/mol. The lowest BCUT2D eigenvalue weighted by molar-refractivity contribution is 0.0806. The van der Waals surface area contributed by atoms with Crippen molar-refractivity contribution in [1.82, 2.24) is 0 Å². The minimum atomic E-state index is 0.566. The number of hydrogen-bond acceptors (Lipinski definition) is 3. The van der Waals surface area contributed by atoms with Crippen LogP contribution in [0.4, 0.5) is 0 Å². The molecule has 0 spiro atoms. The number of rotatable bonds is 9. The summed E-state index contributed by atoms with van der Waals surface area (Å²) in [6.45, 7) is 2.62. The molecule has 0 aliphatic heterocycles. The summed E-state index contributed by atoms with van der Waals surface area (Å²) in [5.74, 6) is 0.869. The molecule has 0 N–H and O–H groups in total. The molecule has 0 heterocycles. The Hall–Kier alpha value is -0.100. The van der Waals surface area contributed by atoms with Gasteiger partial charge in [-0.3, -0.25) is 0 Å². The van der Waals surface area contributed by atoms with Crippen molar-refractivity contribution >= 4 is 31.9 Å². The highest BCUT2D eigenvalue weighted by molar-refractivity contribution is 9.10. The summed E-state index contributed by atoms with van der Waals surface area (Å²) in [4.78, 5) is 0. The number of hydrogen-bond donors (Lipinski definition) is 0. The maximum absolute atomic E-state index is 5.61. The van der Waals surface area contributed by atoms with E-state index in [1.807, 2.05) is 18.2 Å². The Kier molecular flexibility index (Phi) is 8.67. The monoisotopic (exact) mass is 380 g/mol. The van der Waals surface area contributed by atoms with E-state index in [1.54, 1.807) is 7.11 Å². The maximum Gasteiger partial charge on any atom is 0.119 e. The lowest BCUT2D eigenvalue weighted by Crippen LogP contribution is -2.08. The number of halogens is 2. The van der Waals surface area contributed by atoms with E-state index in [4.69, 9.17) is 14.2 Å². The largest absolute Gasteiger partial charge is 0.491 e. The molecule has 5 heteroatoms. The van der Waals surface area contributed by atoms with Crippen molar-refractivity contribution < 1.29 is 14.2 Å². The molecule has 0 saturated carbocycles. The number of benzene rings is 1. The normalized spacial score (nSPS) is 10.6. The molecule has 0 bridgehead atoms. The SMILES string of the molecule is COCCCOCCOc1ccc(Br)c(CBr)c1. The Morgan fingerprint density at radius 2 is 1.94 bits per heavy atom. The minimum absolute atomic E-state index is 0.566. The third-order valence-electron chi connectivity index (χ3n) is 2.29. The van der Waals surface area contributed by atoms with Gasteiger partial charge >= 0.3 is 0 Å². The average Bonchev–Trinajstić information content (AvgIpc) is 2.39. The van der Waals surface area contributed by atoms with Gasteiger partial charge in [0.2, 0.25) is 0 Å². The van der Waals surface area contributed by atoms with E-state index < -0.39 is 0 Å². The zero-order valence-electron chi connectivity index (χ0n) is 10.5. The third-order valence-corrected chi connectivity index (χ3v) is 3.67. The maximum atomic E-state index is 5.61. The summed E-state index contributed by atoms with van der Waals surface area (Å²) >= 11 is 6.92. The highest BCUT2D eigenvalue weighted by atomic mass is 79.9. The van der Waals surface area contributed by atoms with Crippen LogP contribution in [0.3, 0.4) is 0 Å². The quantitative estimate of drug-likeness (QED) is 0.481. The van der Waals surface area contributed by atoms with E-state index in [1.165, 1.54) is 5.56 Å². The van der Waals surface area contributed by atoms with Crippen LogP contribution in [-0.4, -0.2) is 33.5 Å². The Morgan fingerprint density at radius 1 is 1.11 bits per heavy atom. The Morgan fingerprint density at radius 3 is 2.67 bits per heavy atom. The lowest BCUT2D eigenvalue weighted by atomic mass is 10.2. The van der Waals surface area contributed by atoms with Crippen LogP contribution in [0.25, 0.3) is 0 Å². The van der Waals surface area contributed by atoms with Gasteiger partial charge in [0.15, 0.2) is 0 Å². The lowest BCUT2D eigenvalue weighted by Gasteiger charge is -2.09. The zero-order chi connectivity index (χ0) is 13.2. The van der Waals surface area contributed by atoms with Crippen LogP contribution in [0.15, 0.2) is 22.7 Å². The Balaban J connectivity index is 2.19. The first kappa shape index (κ1) is 16.0. The van der Waals surface area contributed by atoms with Gasteiger partial charge in [-0.25, -0.2) is 0 Å². The van der Waals surface area contributed by atoms with E-state index in [-0.39, 0.29) is 0 Å². The molecule has 0 fully saturated rings. The van der Waals surface area contributed by atoms with Gasteiger partial charge in [0.25, 0.3) is 0 Å². The number of ether oxygens (including phenoxy) is 3. The molecule has 1 aromatic rings. The van der Waals surface area contributed by atoms with Crippen molar-refractivity contribution in [2.75, 3.05) is 33.5 Å². The van der Waals surface area contributed by atoms with Gasteiger partial charge in [-0.2, -0.15) is 0 Å². The van der Waals surface area contributed by atoms with E-state index in [2.05, 4.69) is 31.9 Å². The van der Waals surface area contributed by atoms with Crippen LogP contribution in [-0.2, 0) is 14.8 Å². The minimum Gasteiger partial charge on any atom is -0.491 e. The summed E-state index contributed by atoms with van der Waals surface area (Å²) in [5, 5.41) is 0.804. The van der Waals surface area contributed by atoms with Gasteiger partial charge in [0, 0.05) is 30.1 Å². The fourth-order valence-corrected chi connectivity index (χ4v) is 2.60. The van der Waals surface area contributed by atoms with Gasteiger partial charge < -0.3 is 14.2 Å². The van der Waals surface area contributed by atoms with E-state index in [0.29, 0.717) is 19.8 Å². The highest BCUT2D eigenvalue weighted by Gasteiger charge is 2.01.